The quantitative estimate of drug-likeness (QED) is 0.667. The molecule has 4 N–H and O–H groups in total. The minimum atomic E-state index is -0.324. The van der Waals surface area contributed by atoms with Gasteiger partial charge < -0.3 is 15.6 Å². The average Bonchev–Trinajstić information content (AvgIpc) is 2.91. The largest absolute Gasteiger partial charge is 0.395 e. The Bertz CT molecular complexity index is 504. The molecule has 90 valence electrons. The summed E-state index contributed by atoms with van der Waals surface area (Å²) < 4.78 is 4.57. The lowest BCUT2D eigenvalue weighted by Crippen LogP contribution is -2.27. The number of rotatable bonds is 4. The summed E-state index contributed by atoms with van der Waals surface area (Å²) in [5.74, 6) is 0.215. The second kappa shape index (κ2) is 4.64. The van der Waals surface area contributed by atoms with E-state index < -0.39 is 0 Å². The monoisotopic (exact) mass is 236 g/mol. The summed E-state index contributed by atoms with van der Waals surface area (Å²) in [4.78, 5) is 15.5. The predicted octanol–water partition coefficient (Wildman–Crippen LogP) is -0.344. The van der Waals surface area contributed by atoms with Crippen molar-refractivity contribution in [3.05, 3.63) is 23.6 Å². The van der Waals surface area contributed by atoms with E-state index in [1.165, 1.54) is 6.39 Å². The van der Waals surface area contributed by atoms with Gasteiger partial charge in [-0.1, -0.05) is 5.16 Å². The Hall–Kier alpha value is -2.38. The number of hydrogen-bond donors (Lipinski definition) is 3. The second-order valence-electron chi connectivity index (χ2n) is 3.46. The molecule has 2 rings (SSSR count). The van der Waals surface area contributed by atoms with Crippen molar-refractivity contribution in [2.75, 3.05) is 12.3 Å². The minimum Gasteiger partial charge on any atom is -0.395 e. The summed E-state index contributed by atoms with van der Waals surface area (Å²) in [5.41, 5.74) is 6.92. The number of nitrogens with zero attached hydrogens (tertiary/aromatic N) is 3. The predicted molar refractivity (Wildman–Crippen MR) is 58.1 cm³/mol. The van der Waals surface area contributed by atoms with Crippen LogP contribution in [0.2, 0.25) is 0 Å². The summed E-state index contributed by atoms with van der Waals surface area (Å²) in [6.45, 7) is 2.14. The number of nitrogens with one attached hydrogen (secondary N) is 2. The van der Waals surface area contributed by atoms with Crippen molar-refractivity contribution < 1.29 is 9.32 Å². The summed E-state index contributed by atoms with van der Waals surface area (Å²) in [6.07, 6.45) is 1.73. The molecule has 0 bridgehead atoms. The standard InChI is InChI=1S/C9H12N6O2/c1-5-7(10)8(14-13-5)9(16)11-3-2-6-12-4-17-15-6/h4H,2-3,10H2,1H3,(H,11,16)(H,13,14). The molecular formula is C9H12N6O2. The SMILES string of the molecule is Cc1[nH]nc(C(=O)NCCc2ncon2)c1N. The van der Waals surface area contributed by atoms with Crippen molar-refractivity contribution in [1.29, 1.82) is 0 Å². The van der Waals surface area contributed by atoms with Crippen LogP contribution in [-0.2, 0) is 6.42 Å². The molecule has 0 spiro atoms. The lowest BCUT2D eigenvalue weighted by atomic mass is 10.3. The van der Waals surface area contributed by atoms with Gasteiger partial charge in [0, 0.05) is 13.0 Å². The van der Waals surface area contributed by atoms with Gasteiger partial charge in [-0.25, -0.2) is 0 Å². The number of nitrogen functional groups attached to an aromatic ring is 1. The average molecular weight is 236 g/mol. The molecule has 0 saturated heterocycles. The van der Waals surface area contributed by atoms with E-state index in [-0.39, 0.29) is 11.6 Å². The zero-order chi connectivity index (χ0) is 12.3. The maximum atomic E-state index is 11.7. The van der Waals surface area contributed by atoms with Gasteiger partial charge in [-0.3, -0.25) is 9.89 Å². The molecule has 0 aliphatic rings. The molecule has 2 aromatic rings. The number of aromatic nitrogens is 4. The Morgan fingerprint density at radius 1 is 1.65 bits per heavy atom. The van der Waals surface area contributed by atoms with E-state index in [1.807, 2.05) is 0 Å². The van der Waals surface area contributed by atoms with Gasteiger partial charge in [-0.15, -0.1) is 0 Å². The van der Waals surface area contributed by atoms with Crippen LogP contribution in [0.25, 0.3) is 0 Å². The second-order valence-corrected chi connectivity index (χ2v) is 3.46. The summed E-state index contributed by atoms with van der Waals surface area (Å²) in [5, 5.41) is 12.8. The summed E-state index contributed by atoms with van der Waals surface area (Å²) in [6, 6.07) is 0. The third-order valence-corrected chi connectivity index (χ3v) is 2.25. The Kier molecular flexibility index (Phi) is 3.03. The lowest BCUT2D eigenvalue weighted by molar-refractivity contribution is 0.0950. The van der Waals surface area contributed by atoms with Crippen molar-refractivity contribution >= 4 is 11.6 Å². The van der Waals surface area contributed by atoms with Gasteiger partial charge in [0.2, 0.25) is 6.39 Å². The molecule has 0 radical (unpaired) electrons. The van der Waals surface area contributed by atoms with Crippen LogP contribution < -0.4 is 11.1 Å². The Labute approximate surface area is 96.6 Å². The summed E-state index contributed by atoms with van der Waals surface area (Å²) >= 11 is 0. The number of hydrogen-bond acceptors (Lipinski definition) is 6. The van der Waals surface area contributed by atoms with Gasteiger partial charge in [0.25, 0.3) is 5.91 Å². The van der Waals surface area contributed by atoms with Gasteiger partial charge in [-0.05, 0) is 6.92 Å². The highest BCUT2D eigenvalue weighted by Crippen LogP contribution is 2.11. The molecule has 8 heteroatoms. The van der Waals surface area contributed by atoms with Crippen LogP contribution in [0.4, 0.5) is 5.69 Å². The van der Waals surface area contributed by atoms with Crippen molar-refractivity contribution in [3.63, 3.8) is 0 Å². The van der Waals surface area contributed by atoms with E-state index in [2.05, 4.69) is 30.2 Å². The molecule has 17 heavy (non-hydrogen) atoms. The van der Waals surface area contributed by atoms with Crippen LogP contribution in [0.15, 0.2) is 10.9 Å². The van der Waals surface area contributed by atoms with E-state index >= 15 is 0 Å². The lowest BCUT2D eigenvalue weighted by Gasteiger charge is -2.01. The van der Waals surface area contributed by atoms with E-state index in [4.69, 9.17) is 5.73 Å². The molecule has 0 aliphatic carbocycles. The van der Waals surface area contributed by atoms with Crippen molar-refractivity contribution in [1.82, 2.24) is 25.7 Å². The molecule has 1 amide bonds. The van der Waals surface area contributed by atoms with Gasteiger partial charge >= 0.3 is 0 Å². The van der Waals surface area contributed by atoms with E-state index in [9.17, 15) is 4.79 Å². The Morgan fingerprint density at radius 2 is 2.47 bits per heavy atom. The fraction of sp³-hybridized carbons (Fsp3) is 0.333. The molecule has 0 unspecified atom stereocenters. The van der Waals surface area contributed by atoms with Crippen LogP contribution in [0.5, 0.6) is 0 Å². The Morgan fingerprint density at radius 3 is 3.06 bits per heavy atom. The minimum absolute atomic E-state index is 0.204. The zero-order valence-electron chi connectivity index (χ0n) is 9.23. The van der Waals surface area contributed by atoms with Crippen LogP contribution in [-0.4, -0.2) is 32.8 Å². The van der Waals surface area contributed by atoms with Crippen LogP contribution in [0, 0.1) is 6.92 Å². The first-order chi connectivity index (χ1) is 8.18. The third kappa shape index (κ3) is 2.41. The van der Waals surface area contributed by atoms with Gasteiger partial charge in [0.05, 0.1) is 11.4 Å². The number of amides is 1. The van der Waals surface area contributed by atoms with E-state index in [0.29, 0.717) is 30.2 Å². The molecule has 0 saturated carbocycles. The first-order valence-corrected chi connectivity index (χ1v) is 5.02. The number of aromatic amines is 1. The third-order valence-electron chi connectivity index (χ3n) is 2.25. The van der Waals surface area contributed by atoms with Gasteiger partial charge in [0.15, 0.2) is 11.5 Å². The fourth-order valence-corrected chi connectivity index (χ4v) is 1.29. The number of anilines is 1. The maximum absolute atomic E-state index is 11.7. The highest BCUT2D eigenvalue weighted by atomic mass is 16.5. The van der Waals surface area contributed by atoms with E-state index in [0.717, 1.165) is 0 Å². The van der Waals surface area contributed by atoms with Crippen LogP contribution in [0.1, 0.15) is 22.0 Å². The smallest absolute Gasteiger partial charge is 0.273 e. The zero-order valence-corrected chi connectivity index (χ0v) is 9.23. The number of carbonyl (C=O) groups is 1. The number of H-pyrrole nitrogens is 1. The first kappa shape index (κ1) is 11.1. The van der Waals surface area contributed by atoms with Gasteiger partial charge in [0.1, 0.15) is 0 Å². The molecule has 2 aromatic heterocycles. The molecule has 8 nitrogen and oxygen atoms in total. The highest BCUT2D eigenvalue weighted by Gasteiger charge is 2.14. The number of carbonyl (C=O) groups excluding carboxylic acids is 1. The molecule has 2 heterocycles. The molecular weight excluding hydrogens is 224 g/mol. The van der Waals surface area contributed by atoms with Crippen LogP contribution >= 0.6 is 0 Å². The van der Waals surface area contributed by atoms with Gasteiger partial charge in [-0.2, -0.15) is 10.1 Å². The van der Waals surface area contributed by atoms with E-state index in [1.54, 1.807) is 6.92 Å². The van der Waals surface area contributed by atoms with Crippen molar-refractivity contribution in [3.8, 4) is 0 Å². The normalized spacial score (nSPS) is 10.4. The first-order valence-electron chi connectivity index (χ1n) is 5.02. The topological polar surface area (TPSA) is 123 Å². The van der Waals surface area contributed by atoms with Crippen LogP contribution in [0.3, 0.4) is 0 Å². The molecule has 0 atom stereocenters. The fourth-order valence-electron chi connectivity index (χ4n) is 1.29. The number of nitrogens with two attached hydrogens (primary N) is 1. The van der Waals surface area contributed by atoms with Crippen molar-refractivity contribution in [2.24, 2.45) is 0 Å². The number of aryl methyl sites for hydroxylation is 1. The maximum Gasteiger partial charge on any atom is 0.273 e. The summed E-state index contributed by atoms with van der Waals surface area (Å²) in [7, 11) is 0. The highest BCUT2D eigenvalue weighted by molar-refractivity contribution is 5.97. The van der Waals surface area contributed by atoms with Crippen molar-refractivity contribution in [2.45, 2.75) is 13.3 Å². The molecule has 0 aromatic carbocycles. The molecule has 0 fully saturated rings. The molecule has 0 aliphatic heterocycles. The Balaban J connectivity index is 1.87.